The van der Waals surface area contributed by atoms with E-state index in [1.807, 2.05) is 7.05 Å². The van der Waals surface area contributed by atoms with Gasteiger partial charge in [0, 0.05) is 18.7 Å². The van der Waals surface area contributed by atoms with Gasteiger partial charge in [-0.3, -0.25) is 0 Å². The summed E-state index contributed by atoms with van der Waals surface area (Å²) in [6, 6.07) is 8.39. The molecular weight excluding hydrogens is 256 g/mol. The van der Waals surface area contributed by atoms with Crippen LogP contribution in [0.25, 0.3) is 0 Å². The Morgan fingerprint density at radius 2 is 2.21 bits per heavy atom. The van der Waals surface area contributed by atoms with Gasteiger partial charge in [-0.25, -0.2) is 4.98 Å². The minimum Gasteiger partial charge on any atom is -0.391 e. The van der Waals surface area contributed by atoms with Crippen LogP contribution in [0.15, 0.2) is 24.3 Å². The summed E-state index contributed by atoms with van der Waals surface area (Å²) in [6.07, 6.45) is 2.43. The van der Waals surface area contributed by atoms with Crippen molar-refractivity contribution in [1.82, 2.24) is 4.98 Å². The summed E-state index contributed by atoms with van der Waals surface area (Å²) < 4.78 is 0. The Hall–Kier alpha value is -1.39. The molecule has 3 nitrogen and oxygen atoms in total. The highest BCUT2D eigenvalue weighted by Crippen LogP contribution is 2.44. The molecule has 0 amide bonds. The van der Waals surface area contributed by atoms with Gasteiger partial charge < -0.3 is 10.0 Å². The maximum Gasteiger partial charge on any atom is 0.190 e. The average molecular weight is 274 g/mol. The molecular formula is C15H18N2OS. The first-order valence-corrected chi connectivity index (χ1v) is 7.41. The Balaban J connectivity index is 1.93. The van der Waals surface area contributed by atoms with Gasteiger partial charge in [0.1, 0.15) is 0 Å². The van der Waals surface area contributed by atoms with Crippen LogP contribution in [-0.2, 0) is 6.61 Å². The zero-order valence-electron chi connectivity index (χ0n) is 11.3. The number of benzene rings is 1. The smallest absolute Gasteiger partial charge is 0.190 e. The van der Waals surface area contributed by atoms with E-state index in [-0.39, 0.29) is 6.61 Å². The zero-order chi connectivity index (χ0) is 13.4. The molecule has 100 valence electrons. The fourth-order valence-electron chi connectivity index (χ4n) is 2.23. The van der Waals surface area contributed by atoms with Crippen LogP contribution in [0.2, 0.25) is 0 Å². The minimum absolute atomic E-state index is 0.102. The van der Waals surface area contributed by atoms with Crippen LogP contribution >= 0.6 is 11.3 Å². The molecule has 0 saturated heterocycles. The van der Waals surface area contributed by atoms with E-state index < -0.39 is 0 Å². The fraction of sp³-hybridized carbons (Fsp3) is 0.400. The Morgan fingerprint density at radius 1 is 1.42 bits per heavy atom. The van der Waals surface area contributed by atoms with Crippen LogP contribution in [0.5, 0.6) is 0 Å². The van der Waals surface area contributed by atoms with E-state index in [9.17, 15) is 5.11 Å². The molecule has 0 aliphatic heterocycles. The Morgan fingerprint density at radius 3 is 2.84 bits per heavy atom. The Labute approximate surface area is 117 Å². The van der Waals surface area contributed by atoms with Gasteiger partial charge in [0.2, 0.25) is 0 Å². The van der Waals surface area contributed by atoms with Crippen molar-refractivity contribution in [2.24, 2.45) is 0 Å². The van der Waals surface area contributed by atoms with E-state index in [2.05, 4.69) is 36.1 Å². The van der Waals surface area contributed by atoms with Crippen LogP contribution in [0, 0.1) is 6.92 Å². The molecule has 0 spiro atoms. The summed E-state index contributed by atoms with van der Waals surface area (Å²) in [5, 5.41) is 10.4. The number of aliphatic hydroxyl groups is 1. The number of nitrogens with zero attached hydrogens (tertiary/aromatic N) is 2. The summed E-state index contributed by atoms with van der Waals surface area (Å²) in [7, 11) is 2.03. The van der Waals surface area contributed by atoms with E-state index in [0.717, 1.165) is 21.4 Å². The molecule has 1 fully saturated rings. The monoisotopic (exact) mass is 274 g/mol. The molecule has 3 rings (SSSR count). The number of aliphatic hydroxyl groups excluding tert-OH is 1. The van der Waals surface area contributed by atoms with E-state index in [1.54, 1.807) is 11.3 Å². The molecule has 1 N–H and O–H groups in total. The lowest BCUT2D eigenvalue weighted by atomic mass is 10.2. The number of hydrogen-bond donors (Lipinski definition) is 1. The van der Waals surface area contributed by atoms with Crippen molar-refractivity contribution >= 4 is 22.2 Å². The van der Waals surface area contributed by atoms with E-state index in [1.165, 1.54) is 18.4 Å². The van der Waals surface area contributed by atoms with Crippen molar-refractivity contribution in [3.63, 3.8) is 0 Å². The molecule has 1 aromatic heterocycles. The molecule has 0 radical (unpaired) electrons. The molecule has 1 aromatic carbocycles. The molecule has 2 aromatic rings. The van der Waals surface area contributed by atoms with Crippen LogP contribution < -0.4 is 4.90 Å². The van der Waals surface area contributed by atoms with E-state index in [0.29, 0.717) is 5.92 Å². The molecule has 4 heteroatoms. The standard InChI is InChI=1S/C15H18N2OS/c1-10-4-3-5-12(8-10)17(2)15-16-14(11-6-7-11)13(9-18)19-15/h3-5,8,11,18H,6-7,9H2,1-2H3. The predicted molar refractivity (Wildman–Crippen MR) is 79.3 cm³/mol. The number of thiazole rings is 1. The average Bonchev–Trinajstić information content (AvgIpc) is 3.17. The molecule has 0 bridgehead atoms. The van der Waals surface area contributed by atoms with Crippen molar-refractivity contribution in [3.05, 3.63) is 40.4 Å². The quantitative estimate of drug-likeness (QED) is 0.925. The predicted octanol–water partition coefficient (Wildman–Crippen LogP) is 3.59. The number of rotatable bonds is 4. The Kier molecular flexibility index (Phi) is 3.29. The normalized spacial score (nSPS) is 14.7. The van der Waals surface area contributed by atoms with Crippen LogP contribution in [-0.4, -0.2) is 17.1 Å². The first-order chi connectivity index (χ1) is 9.19. The van der Waals surface area contributed by atoms with Gasteiger partial charge in [-0.15, -0.1) is 0 Å². The third-order valence-electron chi connectivity index (χ3n) is 3.50. The number of aryl methyl sites for hydroxylation is 1. The second kappa shape index (κ2) is 4.94. The topological polar surface area (TPSA) is 36.4 Å². The van der Waals surface area contributed by atoms with Gasteiger partial charge in [-0.2, -0.15) is 0 Å². The van der Waals surface area contributed by atoms with Crippen molar-refractivity contribution in [3.8, 4) is 0 Å². The largest absolute Gasteiger partial charge is 0.391 e. The molecule has 19 heavy (non-hydrogen) atoms. The minimum atomic E-state index is 0.102. The lowest BCUT2D eigenvalue weighted by Crippen LogP contribution is -2.09. The third kappa shape index (κ3) is 2.51. The lowest BCUT2D eigenvalue weighted by molar-refractivity contribution is 0.284. The molecule has 1 aliphatic carbocycles. The van der Waals surface area contributed by atoms with E-state index >= 15 is 0 Å². The van der Waals surface area contributed by atoms with Gasteiger partial charge in [0.25, 0.3) is 0 Å². The summed E-state index contributed by atoms with van der Waals surface area (Å²) in [5.74, 6) is 0.582. The van der Waals surface area contributed by atoms with Crippen LogP contribution in [0.3, 0.4) is 0 Å². The zero-order valence-corrected chi connectivity index (χ0v) is 12.1. The second-order valence-corrected chi connectivity index (χ2v) is 6.20. The highest BCUT2D eigenvalue weighted by molar-refractivity contribution is 7.15. The Bertz CT molecular complexity index is 590. The van der Waals surface area contributed by atoms with Gasteiger partial charge in [0.15, 0.2) is 5.13 Å². The van der Waals surface area contributed by atoms with Crippen molar-refractivity contribution in [2.75, 3.05) is 11.9 Å². The van der Waals surface area contributed by atoms with Gasteiger partial charge in [0.05, 0.1) is 17.2 Å². The van der Waals surface area contributed by atoms with Crippen LogP contribution in [0.4, 0.5) is 10.8 Å². The maximum absolute atomic E-state index is 9.46. The van der Waals surface area contributed by atoms with Gasteiger partial charge in [-0.05, 0) is 37.5 Å². The highest BCUT2D eigenvalue weighted by atomic mass is 32.1. The van der Waals surface area contributed by atoms with Crippen molar-refractivity contribution < 1.29 is 5.11 Å². The molecule has 1 heterocycles. The number of hydrogen-bond acceptors (Lipinski definition) is 4. The SMILES string of the molecule is Cc1cccc(N(C)c2nc(C3CC3)c(CO)s2)c1. The third-order valence-corrected chi connectivity index (χ3v) is 4.63. The van der Waals surface area contributed by atoms with Gasteiger partial charge >= 0.3 is 0 Å². The van der Waals surface area contributed by atoms with Crippen LogP contribution in [0.1, 0.15) is 34.9 Å². The fourth-order valence-corrected chi connectivity index (χ4v) is 3.22. The van der Waals surface area contributed by atoms with Crippen molar-refractivity contribution in [1.29, 1.82) is 0 Å². The summed E-state index contributed by atoms with van der Waals surface area (Å²) >= 11 is 1.60. The summed E-state index contributed by atoms with van der Waals surface area (Å²) in [6.45, 7) is 2.19. The lowest BCUT2D eigenvalue weighted by Gasteiger charge is -2.16. The number of aromatic nitrogens is 1. The highest BCUT2D eigenvalue weighted by Gasteiger charge is 2.30. The van der Waals surface area contributed by atoms with Crippen molar-refractivity contribution in [2.45, 2.75) is 32.3 Å². The van der Waals surface area contributed by atoms with Gasteiger partial charge in [-0.1, -0.05) is 23.5 Å². The summed E-state index contributed by atoms with van der Waals surface area (Å²) in [4.78, 5) is 7.86. The second-order valence-electron chi connectivity index (χ2n) is 5.14. The first kappa shape index (κ1) is 12.6. The number of anilines is 2. The molecule has 0 unspecified atom stereocenters. The molecule has 1 aliphatic rings. The molecule has 1 saturated carbocycles. The van der Waals surface area contributed by atoms with E-state index in [4.69, 9.17) is 4.98 Å². The molecule has 0 atom stereocenters. The maximum atomic E-state index is 9.46. The first-order valence-electron chi connectivity index (χ1n) is 6.60. The summed E-state index contributed by atoms with van der Waals surface area (Å²) in [5.41, 5.74) is 3.49.